The number of nitrogens with zero attached hydrogens (tertiary/aromatic N) is 1. The van der Waals surface area contributed by atoms with Crippen LogP contribution in [0.4, 0.5) is 11.4 Å². The van der Waals surface area contributed by atoms with Gasteiger partial charge in [-0.2, -0.15) is 0 Å². The zero-order valence-electron chi connectivity index (χ0n) is 11.4. The number of hydrogen-bond acceptors (Lipinski definition) is 5. The third-order valence-corrected chi connectivity index (χ3v) is 3.58. The minimum atomic E-state index is 0.105. The number of hydrogen-bond donors (Lipinski definition) is 2. The maximum Gasteiger partial charge on any atom is 0.144 e. The molecule has 0 amide bonds. The summed E-state index contributed by atoms with van der Waals surface area (Å²) < 4.78 is 5.68. The van der Waals surface area contributed by atoms with Crippen molar-refractivity contribution in [3.05, 3.63) is 34.8 Å². The fourth-order valence-corrected chi connectivity index (χ4v) is 2.42. The Labute approximate surface area is 117 Å². The van der Waals surface area contributed by atoms with Gasteiger partial charge >= 0.3 is 0 Å². The van der Waals surface area contributed by atoms with Crippen LogP contribution in [0.25, 0.3) is 0 Å². The highest BCUT2D eigenvalue weighted by molar-refractivity contribution is 7.09. The summed E-state index contributed by atoms with van der Waals surface area (Å²) in [6, 6.07) is 5.89. The molecule has 1 heterocycles. The summed E-state index contributed by atoms with van der Waals surface area (Å²) in [6.07, 6.45) is 1.91. The molecule has 2 rings (SSSR count). The highest BCUT2D eigenvalue weighted by Gasteiger charge is 2.12. The molecule has 0 aliphatic rings. The predicted octanol–water partition coefficient (Wildman–Crippen LogP) is 3.69. The molecule has 0 aliphatic heterocycles. The molecule has 0 fully saturated rings. The van der Waals surface area contributed by atoms with Crippen LogP contribution in [0, 0.1) is 0 Å². The van der Waals surface area contributed by atoms with Gasteiger partial charge in [-0.15, -0.1) is 11.3 Å². The lowest BCUT2D eigenvalue weighted by atomic mass is 10.2. The van der Waals surface area contributed by atoms with Crippen molar-refractivity contribution in [2.24, 2.45) is 0 Å². The topological polar surface area (TPSA) is 60.2 Å². The predicted molar refractivity (Wildman–Crippen MR) is 80.8 cm³/mol. The molecule has 0 spiro atoms. The molecular weight excluding hydrogens is 258 g/mol. The highest BCUT2D eigenvalue weighted by atomic mass is 32.1. The number of rotatable bonds is 5. The van der Waals surface area contributed by atoms with Crippen molar-refractivity contribution in [1.82, 2.24) is 4.98 Å². The van der Waals surface area contributed by atoms with Crippen molar-refractivity contribution < 1.29 is 4.74 Å². The molecule has 1 atom stereocenters. The summed E-state index contributed by atoms with van der Waals surface area (Å²) in [7, 11) is 0. The second-order valence-electron chi connectivity index (χ2n) is 4.62. The molecule has 3 N–H and O–H groups in total. The first-order chi connectivity index (χ1) is 9.08. The van der Waals surface area contributed by atoms with Gasteiger partial charge in [-0.1, -0.05) is 6.07 Å². The minimum Gasteiger partial charge on any atom is -0.489 e. The van der Waals surface area contributed by atoms with Gasteiger partial charge in [0.05, 0.1) is 23.5 Å². The van der Waals surface area contributed by atoms with Crippen molar-refractivity contribution in [3.8, 4) is 5.75 Å². The smallest absolute Gasteiger partial charge is 0.144 e. The molecule has 102 valence electrons. The number of nitrogens with two attached hydrogens (primary N) is 1. The summed E-state index contributed by atoms with van der Waals surface area (Å²) in [5.74, 6) is 0.714. The van der Waals surface area contributed by atoms with Gasteiger partial charge in [0.2, 0.25) is 0 Å². The number of nitrogens with one attached hydrogen (secondary N) is 1. The molecule has 2 aromatic rings. The Kier molecular flexibility index (Phi) is 4.27. The van der Waals surface area contributed by atoms with E-state index in [1.165, 1.54) is 0 Å². The second kappa shape index (κ2) is 5.93. The summed E-state index contributed by atoms with van der Waals surface area (Å²) in [5.41, 5.74) is 7.64. The lowest BCUT2D eigenvalue weighted by molar-refractivity contribution is 0.244. The van der Waals surface area contributed by atoms with Crippen LogP contribution in [0.1, 0.15) is 31.8 Å². The number of aromatic nitrogens is 1. The lowest BCUT2D eigenvalue weighted by Gasteiger charge is -2.18. The highest BCUT2D eigenvalue weighted by Crippen LogP contribution is 2.32. The largest absolute Gasteiger partial charge is 0.489 e. The van der Waals surface area contributed by atoms with E-state index in [9.17, 15) is 0 Å². The van der Waals surface area contributed by atoms with E-state index >= 15 is 0 Å². The quantitative estimate of drug-likeness (QED) is 0.818. The molecular formula is C14H19N3OS. The Morgan fingerprint density at radius 2 is 2.11 bits per heavy atom. The third-order valence-electron chi connectivity index (χ3n) is 2.62. The minimum absolute atomic E-state index is 0.105. The third kappa shape index (κ3) is 3.38. The number of benzene rings is 1. The van der Waals surface area contributed by atoms with E-state index in [2.05, 4.69) is 17.2 Å². The Bertz CT molecular complexity index is 525. The zero-order valence-corrected chi connectivity index (χ0v) is 12.2. The Hall–Kier alpha value is -1.75. The first-order valence-corrected chi connectivity index (χ1v) is 7.17. The van der Waals surface area contributed by atoms with Crippen molar-refractivity contribution in [3.63, 3.8) is 0 Å². The summed E-state index contributed by atoms with van der Waals surface area (Å²) in [4.78, 5) is 4.30. The van der Waals surface area contributed by atoms with Gasteiger partial charge in [0, 0.05) is 11.6 Å². The Balaban J connectivity index is 2.16. The van der Waals surface area contributed by atoms with Gasteiger partial charge < -0.3 is 15.8 Å². The summed E-state index contributed by atoms with van der Waals surface area (Å²) >= 11 is 1.63. The van der Waals surface area contributed by atoms with Crippen LogP contribution >= 0.6 is 11.3 Å². The monoisotopic (exact) mass is 277 g/mol. The van der Waals surface area contributed by atoms with Gasteiger partial charge in [0.1, 0.15) is 10.8 Å². The van der Waals surface area contributed by atoms with Crippen LogP contribution in [0.5, 0.6) is 5.75 Å². The van der Waals surface area contributed by atoms with E-state index in [0.717, 1.165) is 10.7 Å². The number of anilines is 2. The molecule has 5 heteroatoms. The molecule has 1 aromatic heterocycles. The SMILES string of the molecule is CC(C)Oc1cccc(NC(C)c2nccs2)c1N. The van der Waals surface area contributed by atoms with Crippen LogP contribution in [0.15, 0.2) is 29.8 Å². The van der Waals surface area contributed by atoms with Gasteiger partial charge in [-0.3, -0.25) is 0 Å². The van der Waals surface area contributed by atoms with E-state index in [0.29, 0.717) is 11.4 Å². The van der Waals surface area contributed by atoms with Crippen molar-refractivity contribution in [2.75, 3.05) is 11.1 Å². The molecule has 0 radical (unpaired) electrons. The number of thiazole rings is 1. The number of nitrogen functional groups attached to an aromatic ring is 1. The Morgan fingerprint density at radius 3 is 2.74 bits per heavy atom. The Morgan fingerprint density at radius 1 is 1.32 bits per heavy atom. The molecule has 0 aliphatic carbocycles. The van der Waals surface area contributed by atoms with Crippen molar-refractivity contribution in [1.29, 1.82) is 0 Å². The number of ether oxygens (including phenoxy) is 1. The fourth-order valence-electron chi connectivity index (χ4n) is 1.77. The van der Waals surface area contributed by atoms with E-state index in [1.807, 2.05) is 37.4 Å². The van der Waals surface area contributed by atoms with Gasteiger partial charge in [-0.25, -0.2) is 4.98 Å². The molecule has 1 unspecified atom stereocenters. The van der Waals surface area contributed by atoms with Crippen LogP contribution in [0.2, 0.25) is 0 Å². The van der Waals surface area contributed by atoms with E-state index in [-0.39, 0.29) is 12.1 Å². The lowest BCUT2D eigenvalue weighted by Crippen LogP contribution is -2.11. The molecule has 0 saturated carbocycles. The standard InChI is InChI=1S/C14H19N3OS/c1-9(2)18-12-6-4-5-11(13(12)15)17-10(3)14-16-7-8-19-14/h4-10,17H,15H2,1-3H3. The maximum absolute atomic E-state index is 6.13. The van der Waals surface area contributed by atoms with Crippen LogP contribution in [0.3, 0.4) is 0 Å². The normalized spacial score (nSPS) is 12.4. The average Bonchev–Trinajstić information content (AvgIpc) is 2.87. The van der Waals surface area contributed by atoms with E-state index in [4.69, 9.17) is 10.5 Å². The molecule has 4 nitrogen and oxygen atoms in total. The molecule has 19 heavy (non-hydrogen) atoms. The van der Waals surface area contributed by atoms with Gasteiger partial charge in [-0.05, 0) is 32.9 Å². The average molecular weight is 277 g/mol. The molecule has 1 aromatic carbocycles. The van der Waals surface area contributed by atoms with Crippen LogP contribution < -0.4 is 15.8 Å². The summed E-state index contributed by atoms with van der Waals surface area (Å²) in [5, 5.41) is 6.37. The molecule has 0 bridgehead atoms. The van der Waals surface area contributed by atoms with E-state index in [1.54, 1.807) is 17.5 Å². The summed E-state index contributed by atoms with van der Waals surface area (Å²) in [6.45, 7) is 6.03. The first-order valence-electron chi connectivity index (χ1n) is 6.29. The fraction of sp³-hybridized carbons (Fsp3) is 0.357. The first kappa shape index (κ1) is 13.7. The van der Waals surface area contributed by atoms with Gasteiger partial charge in [0.25, 0.3) is 0 Å². The van der Waals surface area contributed by atoms with E-state index < -0.39 is 0 Å². The van der Waals surface area contributed by atoms with Crippen molar-refractivity contribution in [2.45, 2.75) is 32.9 Å². The number of para-hydroxylation sites is 1. The van der Waals surface area contributed by atoms with Crippen LogP contribution in [-0.4, -0.2) is 11.1 Å². The van der Waals surface area contributed by atoms with Crippen LogP contribution in [-0.2, 0) is 0 Å². The second-order valence-corrected chi connectivity index (χ2v) is 5.55. The molecule has 0 saturated heterocycles. The zero-order chi connectivity index (χ0) is 13.8. The van der Waals surface area contributed by atoms with Gasteiger partial charge in [0.15, 0.2) is 0 Å². The maximum atomic E-state index is 6.13. The van der Waals surface area contributed by atoms with Crippen molar-refractivity contribution >= 4 is 22.7 Å².